The quantitative estimate of drug-likeness (QED) is 0.398. The van der Waals surface area contributed by atoms with Gasteiger partial charge in [0.05, 0.1) is 35.8 Å². The summed E-state index contributed by atoms with van der Waals surface area (Å²) in [6.45, 7) is 4.17. The topological polar surface area (TPSA) is 100 Å². The third-order valence-corrected chi connectivity index (χ3v) is 4.93. The van der Waals surface area contributed by atoms with E-state index in [-0.39, 0.29) is 31.3 Å². The van der Waals surface area contributed by atoms with E-state index in [0.29, 0.717) is 27.2 Å². The molecule has 4 aromatic rings. The fourth-order valence-electron chi connectivity index (χ4n) is 3.08. The van der Waals surface area contributed by atoms with Crippen molar-refractivity contribution in [2.45, 2.75) is 39.4 Å². The number of Topliss-reactive ketones (excluding diaryl/α,β-unsaturated/α-hetero) is 1. The number of carbonyl (C=O) groups is 1. The van der Waals surface area contributed by atoms with Crippen LogP contribution in [0.25, 0.3) is 11.5 Å². The molecule has 4 rings (SSSR count). The maximum atomic E-state index is 12.8. The number of halogens is 2. The monoisotopic (exact) mass is 459 g/mol. The number of hydrogen-bond acceptors (Lipinski definition) is 7. The Hall–Kier alpha value is -2.88. The third-order valence-electron chi connectivity index (χ3n) is 4.47. The minimum atomic E-state index is -0.0203. The van der Waals surface area contributed by atoms with Gasteiger partial charge in [0.25, 0.3) is 0 Å². The summed E-state index contributed by atoms with van der Waals surface area (Å²) in [5.41, 5.74) is 2.77. The first-order chi connectivity index (χ1) is 14.9. The number of aromatic nitrogens is 7. The van der Waals surface area contributed by atoms with Crippen molar-refractivity contribution in [2.75, 3.05) is 0 Å². The molecule has 0 amide bonds. The highest BCUT2D eigenvalue weighted by molar-refractivity contribution is 6.32. The number of carbonyl (C=O) groups excluding carboxylic acids is 1. The van der Waals surface area contributed by atoms with E-state index in [0.717, 1.165) is 11.3 Å². The Kier molecular flexibility index (Phi) is 6.26. The maximum absolute atomic E-state index is 12.8. The molecule has 0 fully saturated rings. The first-order valence-corrected chi connectivity index (χ1v) is 10.3. The van der Waals surface area contributed by atoms with Crippen LogP contribution in [0.15, 0.2) is 36.9 Å². The second-order valence-corrected chi connectivity index (χ2v) is 7.98. The van der Waals surface area contributed by atoms with Crippen LogP contribution < -0.4 is 0 Å². The van der Waals surface area contributed by atoms with Gasteiger partial charge in [0.1, 0.15) is 5.78 Å². The van der Waals surface area contributed by atoms with E-state index >= 15 is 0 Å². The molecule has 160 valence electrons. The lowest BCUT2D eigenvalue weighted by molar-refractivity contribution is -0.117. The van der Waals surface area contributed by atoms with Crippen molar-refractivity contribution < 1.29 is 9.53 Å². The Bertz CT molecular complexity index is 1220. The first kappa shape index (κ1) is 21.4. The van der Waals surface area contributed by atoms with Gasteiger partial charge in [-0.3, -0.25) is 4.79 Å². The lowest BCUT2D eigenvalue weighted by Gasteiger charge is -2.13. The standard InChI is InChI=1S/C20H19Cl2N7O2/c1-12(2)31-11-17-14(10-23-19-8-18(22)27-28(17)19)7-15(30)5-13-6-16(21)20(24-9-13)29-25-3-4-26-29/h3-4,6,8-10,12H,5,7,11H2,1-2H3. The molecular weight excluding hydrogens is 441 g/mol. The predicted octanol–water partition coefficient (Wildman–Crippen LogP) is 3.29. The van der Waals surface area contributed by atoms with Crippen LogP contribution in [-0.2, 0) is 29.0 Å². The molecular formula is C20H19Cl2N7O2. The van der Waals surface area contributed by atoms with E-state index in [1.807, 2.05) is 13.8 Å². The molecule has 0 spiro atoms. The summed E-state index contributed by atoms with van der Waals surface area (Å²) in [5, 5.41) is 13.0. The molecule has 0 aromatic carbocycles. The van der Waals surface area contributed by atoms with Crippen molar-refractivity contribution in [3.05, 3.63) is 63.9 Å². The van der Waals surface area contributed by atoms with Crippen LogP contribution in [0.3, 0.4) is 0 Å². The molecule has 0 aliphatic rings. The summed E-state index contributed by atoms with van der Waals surface area (Å²) < 4.78 is 7.39. The summed E-state index contributed by atoms with van der Waals surface area (Å²) in [6, 6.07) is 3.36. The second-order valence-electron chi connectivity index (χ2n) is 7.19. The van der Waals surface area contributed by atoms with Gasteiger partial charge in [-0.05, 0) is 25.5 Å². The van der Waals surface area contributed by atoms with Crippen LogP contribution in [0.1, 0.15) is 30.7 Å². The van der Waals surface area contributed by atoms with Gasteiger partial charge in [-0.25, -0.2) is 14.5 Å². The fraction of sp³-hybridized carbons (Fsp3) is 0.300. The minimum absolute atomic E-state index is 0.0203. The molecule has 0 aliphatic heterocycles. The van der Waals surface area contributed by atoms with Crippen LogP contribution >= 0.6 is 23.2 Å². The molecule has 0 saturated carbocycles. The van der Waals surface area contributed by atoms with E-state index in [1.165, 1.54) is 17.2 Å². The molecule has 9 nitrogen and oxygen atoms in total. The lowest BCUT2D eigenvalue weighted by Crippen LogP contribution is -2.15. The SMILES string of the molecule is CC(C)OCc1c(CC(=O)Cc2cnc(-n3nccn3)c(Cl)c2)cnc2cc(Cl)nn12. The van der Waals surface area contributed by atoms with Crippen molar-refractivity contribution in [1.82, 2.24) is 34.6 Å². The van der Waals surface area contributed by atoms with Crippen molar-refractivity contribution in [2.24, 2.45) is 0 Å². The minimum Gasteiger partial charge on any atom is -0.372 e. The molecule has 0 radical (unpaired) electrons. The fourth-order valence-corrected chi connectivity index (χ4v) is 3.52. The second kappa shape index (κ2) is 9.09. The van der Waals surface area contributed by atoms with Crippen LogP contribution in [0.4, 0.5) is 0 Å². The van der Waals surface area contributed by atoms with E-state index < -0.39 is 0 Å². The number of hydrogen-bond donors (Lipinski definition) is 0. The van der Waals surface area contributed by atoms with Gasteiger partial charge in [-0.1, -0.05) is 23.2 Å². The van der Waals surface area contributed by atoms with Crippen LogP contribution in [0.5, 0.6) is 0 Å². The zero-order chi connectivity index (χ0) is 22.0. The number of fused-ring (bicyclic) bond motifs is 1. The molecule has 0 unspecified atom stereocenters. The molecule has 0 bridgehead atoms. The third kappa shape index (κ3) is 4.90. The maximum Gasteiger partial charge on any atom is 0.193 e. The van der Waals surface area contributed by atoms with Crippen molar-refractivity contribution in [3.8, 4) is 5.82 Å². The molecule has 4 heterocycles. The highest BCUT2D eigenvalue weighted by atomic mass is 35.5. The largest absolute Gasteiger partial charge is 0.372 e. The highest BCUT2D eigenvalue weighted by Gasteiger charge is 2.16. The zero-order valence-corrected chi connectivity index (χ0v) is 18.4. The first-order valence-electron chi connectivity index (χ1n) is 9.57. The molecule has 11 heteroatoms. The molecule has 0 atom stereocenters. The van der Waals surface area contributed by atoms with E-state index in [1.54, 1.807) is 29.0 Å². The highest BCUT2D eigenvalue weighted by Crippen LogP contribution is 2.20. The number of pyridine rings is 1. The average molecular weight is 460 g/mol. The van der Waals surface area contributed by atoms with E-state index in [2.05, 4.69) is 25.3 Å². The van der Waals surface area contributed by atoms with E-state index in [4.69, 9.17) is 27.9 Å². The summed E-state index contributed by atoms with van der Waals surface area (Å²) in [4.78, 5) is 22.8. The molecule has 0 saturated heterocycles. The summed E-state index contributed by atoms with van der Waals surface area (Å²) >= 11 is 12.3. The summed E-state index contributed by atoms with van der Waals surface area (Å²) in [5.74, 6) is 0.384. The van der Waals surface area contributed by atoms with Crippen LogP contribution in [-0.4, -0.2) is 46.5 Å². The Morgan fingerprint density at radius 1 is 1.10 bits per heavy atom. The Balaban J connectivity index is 1.54. The van der Waals surface area contributed by atoms with Crippen molar-refractivity contribution in [3.63, 3.8) is 0 Å². The molecule has 0 N–H and O–H groups in total. The van der Waals surface area contributed by atoms with Gasteiger partial charge in [0, 0.05) is 36.9 Å². The van der Waals surface area contributed by atoms with Crippen molar-refractivity contribution >= 4 is 34.6 Å². The van der Waals surface area contributed by atoms with Gasteiger partial charge in [-0.2, -0.15) is 15.3 Å². The number of nitrogens with zero attached hydrogens (tertiary/aromatic N) is 7. The van der Waals surface area contributed by atoms with Gasteiger partial charge in [0.2, 0.25) is 0 Å². The molecule has 31 heavy (non-hydrogen) atoms. The predicted molar refractivity (Wildman–Crippen MR) is 115 cm³/mol. The smallest absolute Gasteiger partial charge is 0.193 e. The van der Waals surface area contributed by atoms with Crippen LogP contribution in [0, 0.1) is 0 Å². The number of ether oxygens (including phenoxy) is 1. The Morgan fingerprint density at radius 3 is 2.58 bits per heavy atom. The number of rotatable bonds is 8. The van der Waals surface area contributed by atoms with Gasteiger partial charge in [0.15, 0.2) is 16.6 Å². The van der Waals surface area contributed by atoms with Gasteiger partial charge in [-0.15, -0.1) is 4.80 Å². The normalized spacial score (nSPS) is 11.5. The van der Waals surface area contributed by atoms with E-state index in [9.17, 15) is 4.79 Å². The molecule has 0 aliphatic carbocycles. The zero-order valence-electron chi connectivity index (χ0n) is 16.9. The van der Waals surface area contributed by atoms with Gasteiger partial charge >= 0.3 is 0 Å². The molecule has 4 aromatic heterocycles. The average Bonchev–Trinajstić information content (AvgIpc) is 3.36. The summed E-state index contributed by atoms with van der Waals surface area (Å²) in [7, 11) is 0. The van der Waals surface area contributed by atoms with Crippen LogP contribution in [0.2, 0.25) is 10.2 Å². The Labute approximate surface area is 188 Å². The lowest BCUT2D eigenvalue weighted by atomic mass is 10.0. The van der Waals surface area contributed by atoms with Crippen molar-refractivity contribution in [1.29, 1.82) is 0 Å². The number of ketones is 1. The Morgan fingerprint density at radius 2 is 1.87 bits per heavy atom. The van der Waals surface area contributed by atoms with Gasteiger partial charge < -0.3 is 4.74 Å². The summed E-state index contributed by atoms with van der Waals surface area (Å²) in [6.07, 6.45) is 6.69.